The molecule has 160 valence electrons. The summed E-state index contributed by atoms with van der Waals surface area (Å²) in [7, 11) is -3.92. The first kappa shape index (κ1) is 28.0. The molecule has 26 heavy (non-hydrogen) atoms. The molecule has 0 atom stereocenters. The first-order valence-corrected chi connectivity index (χ1v) is 11.5. The summed E-state index contributed by atoms with van der Waals surface area (Å²) in [5.74, 6) is 0. The highest BCUT2D eigenvalue weighted by atomic mass is 32.3. The minimum absolute atomic E-state index is 0. The molecule has 6 nitrogen and oxygen atoms in total. The van der Waals surface area contributed by atoms with Crippen LogP contribution < -0.4 is 11.9 Å². The predicted octanol–water partition coefficient (Wildman–Crippen LogP) is 5.25. The zero-order valence-corrected chi connectivity index (χ0v) is 18.2. The van der Waals surface area contributed by atoms with Gasteiger partial charge in [0.25, 0.3) is 0 Å². The Labute approximate surface area is 162 Å². The minimum atomic E-state index is -3.92. The quantitative estimate of drug-likeness (QED) is 0.306. The zero-order chi connectivity index (χ0) is 19.0. The molecule has 0 spiro atoms. The van der Waals surface area contributed by atoms with E-state index < -0.39 is 16.0 Å². The van der Waals surface area contributed by atoms with E-state index in [0.717, 1.165) is 25.7 Å². The van der Waals surface area contributed by atoms with Gasteiger partial charge in [-0.1, -0.05) is 71.1 Å². The lowest BCUT2D eigenvalue weighted by Crippen LogP contribution is -2.30. The molecule has 0 saturated heterocycles. The van der Waals surface area contributed by atoms with Gasteiger partial charge in [-0.15, -0.1) is 0 Å². The molecule has 0 saturated carbocycles. The second kappa shape index (κ2) is 16.9. The Balaban J connectivity index is 0. The van der Waals surface area contributed by atoms with Crippen LogP contribution in [0.3, 0.4) is 0 Å². The van der Waals surface area contributed by atoms with Crippen LogP contribution in [0.5, 0.6) is 0 Å². The Morgan fingerprint density at radius 2 is 1.27 bits per heavy atom. The summed E-state index contributed by atoms with van der Waals surface area (Å²) in [6, 6.07) is 0. The van der Waals surface area contributed by atoms with Crippen molar-refractivity contribution in [1.29, 1.82) is 0 Å². The lowest BCUT2D eigenvalue weighted by Gasteiger charge is -2.23. The van der Waals surface area contributed by atoms with Gasteiger partial charge in [0.2, 0.25) is 0 Å². The molecule has 0 aliphatic rings. The molecular weight excluding hydrogens is 352 g/mol. The fraction of sp³-hybridized carbons (Fsp3) is 1.00. The third kappa shape index (κ3) is 18.6. The predicted molar refractivity (Wildman–Crippen MR) is 110 cm³/mol. The molecule has 0 aromatic heterocycles. The molecule has 0 aromatic carbocycles. The van der Waals surface area contributed by atoms with Crippen LogP contribution in [-0.2, 0) is 18.8 Å². The summed E-state index contributed by atoms with van der Waals surface area (Å²) in [6.07, 6.45) is 14.8. The molecule has 0 amide bonds. The van der Waals surface area contributed by atoms with Gasteiger partial charge in [-0.25, -0.2) is 8.37 Å². The highest BCUT2D eigenvalue weighted by Gasteiger charge is 2.26. The summed E-state index contributed by atoms with van der Waals surface area (Å²) < 4.78 is 33.7. The highest BCUT2D eigenvalue weighted by Crippen LogP contribution is 2.20. The van der Waals surface area contributed by atoms with E-state index in [1.165, 1.54) is 51.4 Å². The SMILES string of the molecule is CCCCCCCCCCCCCOS(=O)(=O)OC(C)(C)CCCN.N. The Morgan fingerprint density at radius 1 is 0.808 bits per heavy atom. The van der Waals surface area contributed by atoms with Gasteiger partial charge in [-0.05, 0) is 39.7 Å². The van der Waals surface area contributed by atoms with Crippen LogP contribution in [0, 0.1) is 0 Å². The first-order valence-electron chi connectivity index (χ1n) is 10.1. The van der Waals surface area contributed by atoms with Crippen molar-refractivity contribution in [3.8, 4) is 0 Å². The topological polar surface area (TPSA) is 114 Å². The molecular formula is C19H44N2O4S. The van der Waals surface area contributed by atoms with Gasteiger partial charge in [0.15, 0.2) is 0 Å². The van der Waals surface area contributed by atoms with E-state index in [9.17, 15) is 8.42 Å². The largest absolute Gasteiger partial charge is 0.400 e. The molecule has 0 bridgehead atoms. The van der Waals surface area contributed by atoms with Crippen molar-refractivity contribution < 1.29 is 16.8 Å². The Hall–Kier alpha value is -0.210. The van der Waals surface area contributed by atoms with Crippen LogP contribution in [0.25, 0.3) is 0 Å². The summed E-state index contributed by atoms with van der Waals surface area (Å²) in [6.45, 7) is 6.44. The van der Waals surface area contributed by atoms with E-state index in [1.807, 2.05) is 0 Å². The van der Waals surface area contributed by atoms with E-state index in [1.54, 1.807) is 13.8 Å². The number of unbranched alkanes of at least 4 members (excludes halogenated alkanes) is 10. The lowest BCUT2D eigenvalue weighted by atomic mass is 10.0. The normalized spacial score (nSPS) is 12.2. The van der Waals surface area contributed by atoms with Gasteiger partial charge >= 0.3 is 10.4 Å². The van der Waals surface area contributed by atoms with E-state index in [2.05, 4.69) is 6.92 Å². The van der Waals surface area contributed by atoms with Crippen molar-refractivity contribution in [2.24, 2.45) is 5.73 Å². The van der Waals surface area contributed by atoms with Crippen molar-refractivity contribution in [2.45, 2.75) is 110 Å². The molecule has 7 heteroatoms. The summed E-state index contributed by atoms with van der Waals surface area (Å²) in [4.78, 5) is 0. The molecule has 0 aromatic rings. The molecule has 0 aliphatic heterocycles. The third-order valence-corrected chi connectivity index (χ3v) is 5.40. The lowest BCUT2D eigenvalue weighted by molar-refractivity contribution is 0.0769. The molecule has 0 unspecified atom stereocenters. The maximum Gasteiger partial charge on any atom is 0.400 e. The standard InChI is InChI=1S/C19H41NO4S.H3N/c1-4-5-6-7-8-9-10-11-12-13-14-18-23-25(21,22)24-19(2,3)16-15-17-20;/h4-18,20H2,1-3H3;1H3. The second-order valence-corrected chi connectivity index (χ2v) is 8.72. The average Bonchev–Trinajstić information content (AvgIpc) is 2.53. The maximum absolute atomic E-state index is 11.8. The van der Waals surface area contributed by atoms with Crippen LogP contribution >= 0.6 is 0 Å². The number of hydrogen-bond donors (Lipinski definition) is 2. The first-order chi connectivity index (χ1) is 11.8. The Morgan fingerprint density at radius 3 is 1.73 bits per heavy atom. The fourth-order valence-corrected chi connectivity index (χ4v) is 3.80. The second-order valence-electron chi connectivity index (χ2n) is 7.50. The molecule has 0 fully saturated rings. The molecule has 0 rings (SSSR count). The zero-order valence-electron chi connectivity index (χ0n) is 17.4. The minimum Gasteiger partial charge on any atom is -0.344 e. The smallest absolute Gasteiger partial charge is 0.344 e. The van der Waals surface area contributed by atoms with Gasteiger partial charge in [0.05, 0.1) is 12.2 Å². The maximum atomic E-state index is 11.8. The average molecular weight is 397 g/mol. The van der Waals surface area contributed by atoms with Gasteiger partial charge in [-0.3, -0.25) is 0 Å². The molecule has 5 N–H and O–H groups in total. The van der Waals surface area contributed by atoms with Gasteiger partial charge < -0.3 is 11.9 Å². The van der Waals surface area contributed by atoms with Crippen LogP contribution in [0.4, 0.5) is 0 Å². The van der Waals surface area contributed by atoms with E-state index in [4.69, 9.17) is 14.1 Å². The number of nitrogens with two attached hydrogens (primary N) is 1. The third-order valence-electron chi connectivity index (χ3n) is 4.29. The molecule has 0 radical (unpaired) electrons. The van der Waals surface area contributed by atoms with Crippen LogP contribution in [0.1, 0.15) is 104 Å². The molecule has 0 heterocycles. The number of hydrogen-bond acceptors (Lipinski definition) is 6. The van der Waals surface area contributed by atoms with E-state index in [0.29, 0.717) is 13.0 Å². The van der Waals surface area contributed by atoms with Crippen molar-refractivity contribution in [2.75, 3.05) is 13.2 Å². The van der Waals surface area contributed by atoms with Crippen molar-refractivity contribution >= 4 is 10.4 Å². The summed E-state index contributed by atoms with van der Waals surface area (Å²) in [5, 5.41) is 0. The van der Waals surface area contributed by atoms with E-state index >= 15 is 0 Å². The fourth-order valence-electron chi connectivity index (χ4n) is 2.80. The molecule has 0 aliphatic carbocycles. The Kier molecular flexibility index (Phi) is 18.2. The van der Waals surface area contributed by atoms with Crippen LogP contribution in [0.2, 0.25) is 0 Å². The number of rotatable bonds is 18. The van der Waals surface area contributed by atoms with Crippen molar-refractivity contribution in [3.63, 3.8) is 0 Å². The van der Waals surface area contributed by atoms with Crippen molar-refractivity contribution in [3.05, 3.63) is 0 Å². The van der Waals surface area contributed by atoms with Crippen LogP contribution in [-0.4, -0.2) is 27.2 Å². The summed E-state index contributed by atoms with van der Waals surface area (Å²) >= 11 is 0. The Bertz CT molecular complexity index is 400. The van der Waals surface area contributed by atoms with Crippen molar-refractivity contribution in [1.82, 2.24) is 6.15 Å². The van der Waals surface area contributed by atoms with E-state index in [-0.39, 0.29) is 12.8 Å². The van der Waals surface area contributed by atoms with Crippen LogP contribution in [0.15, 0.2) is 0 Å². The van der Waals surface area contributed by atoms with Gasteiger partial charge in [0, 0.05) is 0 Å². The highest BCUT2D eigenvalue weighted by molar-refractivity contribution is 7.81. The summed E-state index contributed by atoms with van der Waals surface area (Å²) in [5.41, 5.74) is 4.68. The van der Waals surface area contributed by atoms with Gasteiger partial charge in [-0.2, -0.15) is 8.42 Å². The monoisotopic (exact) mass is 396 g/mol. The van der Waals surface area contributed by atoms with Gasteiger partial charge in [0.1, 0.15) is 0 Å².